The summed E-state index contributed by atoms with van der Waals surface area (Å²) in [5.41, 5.74) is 0.399. The number of aliphatic hydroxyl groups is 1. The van der Waals surface area contributed by atoms with Gasteiger partial charge in [-0.05, 0) is 36.6 Å². The Morgan fingerprint density at radius 1 is 1.10 bits per heavy atom. The fourth-order valence-corrected chi connectivity index (χ4v) is 3.91. The standard InChI is InChI=1S/C22H25NO7S/c1-3-7-19(24)30-16-12-10-15(11-13-16)21(20(25)22(26)29-14-4-2)31-18-9-6-5-8-17(18)23(27)28/h5-6,8-13,20-21,25H,3-4,7,14H2,1-2H3/t20-,21+/m1/s1. The van der Waals surface area contributed by atoms with Gasteiger partial charge in [0.2, 0.25) is 0 Å². The molecule has 0 aliphatic rings. The SMILES string of the molecule is CCCOC(=O)[C@H](O)[C@@H](Sc1ccccc1[N+](=O)[O-])c1ccc(OC(=O)CCC)cc1. The van der Waals surface area contributed by atoms with Crippen molar-refractivity contribution in [3.05, 3.63) is 64.2 Å². The Hall–Kier alpha value is -2.91. The number of ether oxygens (including phenoxy) is 2. The van der Waals surface area contributed by atoms with Crippen molar-refractivity contribution in [3.8, 4) is 5.75 Å². The van der Waals surface area contributed by atoms with Crippen LogP contribution in [0.15, 0.2) is 53.4 Å². The van der Waals surface area contributed by atoms with E-state index in [1.165, 1.54) is 6.07 Å². The van der Waals surface area contributed by atoms with Crippen molar-refractivity contribution < 1.29 is 29.1 Å². The van der Waals surface area contributed by atoms with Crippen molar-refractivity contribution >= 4 is 29.4 Å². The molecule has 0 unspecified atom stereocenters. The minimum absolute atomic E-state index is 0.128. The summed E-state index contributed by atoms with van der Waals surface area (Å²) in [6.07, 6.45) is 0.000214. The van der Waals surface area contributed by atoms with Gasteiger partial charge >= 0.3 is 11.9 Å². The van der Waals surface area contributed by atoms with Crippen LogP contribution in [0.25, 0.3) is 0 Å². The fraction of sp³-hybridized carbons (Fsp3) is 0.364. The maximum Gasteiger partial charge on any atom is 0.336 e. The number of aliphatic hydroxyl groups excluding tert-OH is 1. The van der Waals surface area contributed by atoms with Crippen molar-refractivity contribution in [2.45, 2.75) is 49.4 Å². The molecule has 2 rings (SSSR count). The third-order valence-electron chi connectivity index (χ3n) is 4.19. The second kappa shape index (κ2) is 12.1. The Labute approximate surface area is 184 Å². The molecule has 9 heteroatoms. The fourth-order valence-electron chi connectivity index (χ4n) is 2.68. The number of nitrogens with zero attached hydrogens (tertiary/aromatic N) is 1. The van der Waals surface area contributed by atoms with E-state index in [-0.39, 0.29) is 18.3 Å². The van der Waals surface area contributed by atoms with Gasteiger partial charge in [-0.3, -0.25) is 14.9 Å². The number of para-hydroxylation sites is 1. The molecule has 0 saturated carbocycles. The highest BCUT2D eigenvalue weighted by atomic mass is 32.2. The number of nitro benzene ring substituents is 1. The minimum Gasteiger partial charge on any atom is -0.464 e. The maximum atomic E-state index is 12.3. The number of nitro groups is 1. The van der Waals surface area contributed by atoms with Crippen molar-refractivity contribution in [1.29, 1.82) is 0 Å². The normalized spacial score (nSPS) is 12.6. The Balaban J connectivity index is 2.32. The number of benzene rings is 2. The molecule has 0 spiro atoms. The summed E-state index contributed by atoms with van der Waals surface area (Å²) in [7, 11) is 0. The van der Waals surface area contributed by atoms with Gasteiger partial charge < -0.3 is 14.6 Å². The lowest BCUT2D eigenvalue weighted by atomic mass is 10.1. The van der Waals surface area contributed by atoms with E-state index >= 15 is 0 Å². The minimum atomic E-state index is -1.55. The quantitative estimate of drug-likeness (QED) is 0.177. The molecule has 0 fully saturated rings. The molecule has 0 radical (unpaired) electrons. The van der Waals surface area contributed by atoms with E-state index in [1.807, 2.05) is 13.8 Å². The number of thioether (sulfide) groups is 1. The Kier molecular flexibility index (Phi) is 9.48. The van der Waals surface area contributed by atoms with E-state index < -0.39 is 22.2 Å². The van der Waals surface area contributed by atoms with Crippen LogP contribution in [-0.4, -0.2) is 34.7 Å². The average molecular weight is 448 g/mol. The molecule has 2 aromatic carbocycles. The molecular weight excluding hydrogens is 422 g/mol. The summed E-state index contributed by atoms with van der Waals surface area (Å²) in [4.78, 5) is 35.2. The van der Waals surface area contributed by atoms with Gasteiger partial charge in [0.25, 0.3) is 5.69 Å². The first-order valence-electron chi connectivity index (χ1n) is 9.92. The molecule has 166 valence electrons. The molecule has 31 heavy (non-hydrogen) atoms. The van der Waals surface area contributed by atoms with Gasteiger partial charge in [0.1, 0.15) is 5.75 Å². The highest BCUT2D eigenvalue weighted by Crippen LogP contribution is 2.42. The van der Waals surface area contributed by atoms with Crippen molar-refractivity contribution in [2.24, 2.45) is 0 Å². The Bertz CT molecular complexity index is 901. The predicted octanol–water partition coefficient (Wildman–Crippen LogP) is 4.45. The number of carbonyl (C=O) groups is 2. The van der Waals surface area contributed by atoms with Crippen LogP contribution in [0.4, 0.5) is 5.69 Å². The second-order valence-electron chi connectivity index (χ2n) is 6.67. The van der Waals surface area contributed by atoms with Crippen molar-refractivity contribution in [3.63, 3.8) is 0 Å². The van der Waals surface area contributed by atoms with Crippen LogP contribution in [0.5, 0.6) is 5.75 Å². The summed E-state index contributed by atoms with van der Waals surface area (Å²) >= 11 is 0.994. The third kappa shape index (κ3) is 7.08. The molecule has 0 aliphatic heterocycles. The lowest BCUT2D eigenvalue weighted by Gasteiger charge is -2.22. The number of hydrogen-bond acceptors (Lipinski definition) is 8. The van der Waals surface area contributed by atoms with Gasteiger partial charge in [-0.15, -0.1) is 11.8 Å². The highest BCUT2D eigenvalue weighted by molar-refractivity contribution is 7.99. The molecule has 0 aromatic heterocycles. The number of carbonyl (C=O) groups excluding carboxylic acids is 2. The Morgan fingerprint density at radius 3 is 2.39 bits per heavy atom. The lowest BCUT2D eigenvalue weighted by molar-refractivity contribution is -0.387. The first-order valence-corrected chi connectivity index (χ1v) is 10.8. The van der Waals surface area contributed by atoms with E-state index in [4.69, 9.17) is 9.47 Å². The van der Waals surface area contributed by atoms with Crippen LogP contribution in [0, 0.1) is 10.1 Å². The second-order valence-corrected chi connectivity index (χ2v) is 7.85. The number of hydrogen-bond donors (Lipinski definition) is 1. The zero-order valence-corrected chi connectivity index (χ0v) is 18.2. The number of esters is 2. The first kappa shape index (κ1) is 24.4. The van der Waals surface area contributed by atoms with Crippen LogP contribution in [0.2, 0.25) is 0 Å². The average Bonchev–Trinajstić information content (AvgIpc) is 2.76. The maximum absolute atomic E-state index is 12.3. The largest absolute Gasteiger partial charge is 0.464 e. The Morgan fingerprint density at radius 2 is 1.77 bits per heavy atom. The van der Waals surface area contributed by atoms with Gasteiger partial charge in [0, 0.05) is 12.5 Å². The van der Waals surface area contributed by atoms with Gasteiger partial charge in [-0.25, -0.2) is 4.79 Å². The van der Waals surface area contributed by atoms with E-state index in [2.05, 4.69) is 0 Å². The molecule has 0 bridgehead atoms. The summed E-state index contributed by atoms with van der Waals surface area (Å²) in [5.74, 6) is -0.833. The topological polar surface area (TPSA) is 116 Å². The van der Waals surface area contributed by atoms with E-state index in [0.717, 1.165) is 11.8 Å². The zero-order valence-electron chi connectivity index (χ0n) is 17.4. The van der Waals surface area contributed by atoms with Crippen LogP contribution in [-0.2, 0) is 14.3 Å². The van der Waals surface area contributed by atoms with Gasteiger partial charge in [-0.1, -0.05) is 38.1 Å². The molecule has 0 heterocycles. The molecular formula is C22H25NO7S. The van der Waals surface area contributed by atoms with Crippen LogP contribution < -0.4 is 4.74 Å². The van der Waals surface area contributed by atoms with Gasteiger partial charge in [0.15, 0.2) is 6.10 Å². The monoisotopic (exact) mass is 447 g/mol. The lowest BCUT2D eigenvalue weighted by Crippen LogP contribution is -2.28. The summed E-state index contributed by atoms with van der Waals surface area (Å²) < 4.78 is 10.3. The predicted molar refractivity (Wildman–Crippen MR) is 116 cm³/mol. The summed E-state index contributed by atoms with van der Waals surface area (Å²) in [6.45, 7) is 3.86. The highest BCUT2D eigenvalue weighted by Gasteiger charge is 2.32. The van der Waals surface area contributed by atoms with Crippen LogP contribution in [0.3, 0.4) is 0 Å². The van der Waals surface area contributed by atoms with Crippen molar-refractivity contribution in [1.82, 2.24) is 0 Å². The van der Waals surface area contributed by atoms with Gasteiger partial charge in [-0.2, -0.15) is 0 Å². The van der Waals surface area contributed by atoms with E-state index in [0.29, 0.717) is 35.5 Å². The van der Waals surface area contributed by atoms with E-state index in [9.17, 15) is 24.8 Å². The summed E-state index contributed by atoms with van der Waals surface area (Å²) in [5, 5.41) is 21.2. The molecule has 1 N–H and O–H groups in total. The van der Waals surface area contributed by atoms with Crippen LogP contribution in [0.1, 0.15) is 43.9 Å². The van der Waals surface area contributed by atoms with Crippen LogP contribution >= 0.6 is 11.8 Å². The van der Waals surface area contributed by atoms with Gasteiger partial charge in [0.05, 0.1) is 21.7 Å². The van der Waals surface area contributed by atoms with Crippen molar-refractivity contribution in [2.75, 3.05) is 6.61 Å². The molecule has 0 amide bonds. The molecule has 0 saturated heterocycles. The third-order valence-corrected chi connectivity index (χ3v) is 5.57. The summed E-state index contributed by atoms with van der Waals surface area (Å²) in [6, 6.07) is 12.4. The molecule has 2 aromatic rings. The molecule has 2 atom stereocenters. The molecule has 0 aliphatic carbocycles. The smallest absolute Gasteiger partial charge is 0.336 e. The molecule has 8 nitrogen and oxygen atoms in total. The number of rotatable bonds is 11. The first-order chi connectivity index (χ1) is 14.9. The van der Waals surface area contributed by atoms with E-state index in [1.54, 1.807) is 42.5 Å². The zero-order chi connectivity index (χ0) is 22.8.